The van der Waals surface area contributed by atoms with Crippen molar-refractivity contribution in [2.45, 2.75) is 287 Å². The van der Waals surface area contributed by atoms with Gasteiger partial charge in [-0.1, -0.05) is 202 Å². The average Bonchev–Trinajstić information content (AvgIpc) is 3.43. The molecule has 14 heteroatoms. The number of aliphatic hydroxyl groups excluding tert-OH is 7. The second kappa shape index (κ2) is 49.3. The zero-order valence-electron chi connectivity index (χ0n) is 47.9. The van der Waals surface area contributed by atoms with Crippen LogP contribution in [-0.4, -0.2) is 142 Å². The molecule has 2 saturated heterocycles. The summed E-state index contributed by atoms with van der Waals surface area (Å²) in [5.74, 6) is -0.391. The van der Waals surface area contributed by atoms with E-state index >= 15 is 0 Å². The molecule has 0 bridgehead atoms. The van der Waals surface area contributed by atoms with Gasteiger partial charge >= 0.3 is 5.97 Å². The summed E-state index contributed by atoms with van der Waals surface area (Å²) in [7, 11) is 0. The van der Waals surface area contributed by atoms with E-state index in [-0.39, 0.29) is 19.6 Å². The van der Waals surface area contributed by atoms with Crippen molar-refractivity contribution >= 4 is 5.97 Å². The molecular weight excluding hydrogens is 981 g/mol. The standard InChI is InChI=1S/C63H110O14/c1-3-5-7-9-11-13-15-17-19-21-23-24-25-26-27-29-31-33-35-37-39-41-43-45-47-72-49-52(75-55(65)46-44-42-40-38-36-34-32-30-28-22-20-18-16-14-12-10-8-6-4-2)50-73-62-61(71)59(69)57(67)54(77-62)51-74-63-60(70)58(68)56(66)53(48-64)76-63/h6,8,12,14-15,17-18,20-21,23,28,30,52-54,56-64,66-71H,3-5,7,9-11,13,16,19,22,24-27,29,31-51H2,1-2H3/b8-6-,14-12-,17-15-,20-18-,23-21-,30-28-. The Bertz CT molecular complexity index is 1550. The molecule has 2 aliphatic rings. The first kappa shape index (κ1) is 70.5. The van der Waals surface area contributed by atoms with Crippen LogP contribution in [0.15, 0.2) is 72.9 Å². The van der Waals surface area contributed by atoms with Gasteiger partial charge in [0.25, 0.3) is 0 Å². The molecular formula is C63H110O14. The third-order valence-corrected chi connectivity index (χ3v) is 14.2. The minimum Gasteiger partial charge on any atom is -0.457 e. The number of allylic oxidation sites excluding steroid dienone is 12. The largest absolute Gasteiger partial charge is 0.457 e. The van der Waals surface area contributed by atoms with Crippen LogP contribution >= 0.6 is 0 Å². The molecule has 77 heavy (non-hydrogen) atoms. The molecule has 7 N–H and O–H groups in total. The maximum absolute atomic E-state index is 13.1. The van der Waals surface area contributed by atoms with E-state index in [4.69, 9.17) is 28.4 Å². The highest BCUT2D eigenvalue weighted by molar-refractivity contribution is 5.69. The molecule has 2 heterocycles. The topological polar surface area (TPSA) is 214 Å². The van der Waals surface area contributed by atoms with Crippen LogP contribution in [0.5, 0.6) is 0 Å². The number of carbonyl (C=O) groups is 1. The maximum atomic E-state index is 13.1. The Labute approximate surface area is 466 Å². The first-order valence-electron chi connectivity index (χ1n) is 30.5. The summed E-state index contributed by atoms with van der Waals surface area (Å²) in [4.78, 5) is 13.1. The number of hydrogen-bond acceptors (Lipinski definition) is 14. The molecule has 2 aliphatic heterocycles. The quantitative estimate of drug-likeness (QED) is 0.0172. The Hall–Kier alpha value is -2.57. The summed E-state index contributed by atoms with van der Waals surface area (Å²) in [5, 5.41) is 72.4. The summed E-state index contributed by atoms with van der Waals surface area (Å²) < 4.78 is 34.4. The molecule has 0 amide bonds. The Kier molecular flexibility index (Phi) is 45.1. The lowest BCUT2D eigenvalue weighted by Crippen LogP contribution is -2.61. The molecule has 0 spiro atoms. The van der Waals surface area contributed by atoms with Crippen molar-refractivity contribution in [1.29, 1.82) is 0 Å². The smallest absolute Gasteiger partial charge is 0.306 e. The van der Waals surface area contributed by atoms with Gasteiger partial charge < -0.3 is 64.2 Å². The van der Waals surface area contributed by atoms with Gasteiger partial charge in [0.15, 0.2) is 12.6 Å². The highest BCUT2D eigenvalue weighted by atomic mass is 16.7. The Morgan fingerprint density at radius 1 is 0.442 bits per heavy atom. The van der Waals surface area contributed by atoms with Crippen LogP contribution in [-0.2, 0) is 33.2 Å². The van der Waals surface area contributed by atoms with E-state index in [9.17, 15) is 40.5 Å². The molecule has 0 saturated carbocycles. The number of aliphatic hydroxyl groups is 7. The fourth-order valence-corrected chi connectivity index (χ4v) is 9.31. The number of carbonyl (C=O) groups excluding carboxylic acids is 1. The molecule has 11 atom stereocenters. The zero-order valence-corrected chi connectivity index (χ0v) is 47.9. The number of esters is 1. The summed E-state index contributed by atoms with van der Waals surface area (Å²) >= 11 is 0. The minimum atomic E-state index is -1.71. The Morgan fingerprint density at radius 2 is 0.844 bits per heavy atom. The number of ether oxygens (including phenoxy) is 6. The van der Waals surface area contributed by atoms with Crippen LogP contribution in [0.4, 0.5) is 0 Å². The highest BCUT2D eigenvalue weighted by Gasteiger charge is 2.47. The third kappa shape index (κ3) is 35.7. The first-order valence-corrected chi connectivity index (χ1v) is 30.5. The number of rotatable bonds is 49. The third-order valence-electron chi connectivity index (χ3n) is 14.2. The molecule has 0 aromatic heterocycles. The monoisotopic (exact) mass is 1090 g/mol. The van der Waals surface area contributed by atoms with Crippen LogP contribution in [0.3, 0.4) is 0 Å². The molecule has 11 unspecified atom stereocenters. The van der Waals surface area contributed by atoms with Gasteiger partial charge in [0, 0.05) is 13.0 Å². The molecule has 14 nitrogen and oxygen atoms in total. The van der Waals surface area contributed by atoms with Crippen LogP contribution in [0, 0.1) is 0 Å². The fraction of sp³-hybridized carbons (Fsp3) is 0.794. The summed E-state index contributed by atoms with van der Waals surface area (Å²) in [6.45, 7) is 3.56. The lowest BCUT2D eigenvalue weighted by Gasteiger charge is -2.42. The van der Waals surface area contributed by atoms with Gasteiger partial charge in [-0.25, -0.2) is 0 Å². The van der Waals surface area contributed by atoms with Crippen molar-refractivity contribution in [3.05, 3.63) is 72.9 Å². The molecule has 2 fully saturated rings. The summed E-state index contributed by atoms with van der Waals surface area (Å²) in [5.41, 5.74) is 0. The van der Waals surface area contributed by atoms with Crippen LogP contribution in [0.25, 0.3) is 0 Å². The van der Waals surface area contributed by atoms with Gasteiger partial charge in [-0.2, -0.15) is 0 Å². The van der Waals surface area contributed by atoms with Crippen molar-refractivity contribution in [3.8, 4) is 0 Å². The van der Waals surface area contributed by atoms with Gasteiger partial charge in [0.05, 0.1) is 26.4 Å². The van der Waals surface area contributed by atoms with E-state index in [2.05, 4.69) is 86.8 Å². The van der Waals surface area contributed by atoms with E-state index in [1.165, 1.54) is 103 Å². The SMILES string of the molecule is CC/C=C\C/C=C\C/C=C\C/C=C\CCCCCCCCC(=O)OC(COCCCCCCCCCCCCCC/C=C\C/C=C\CCCCCCC)COC1OC(COC2OC(CO)C(O)C(O)C2O)C(O)C(O)C1O. The van der Waals surface area contributed by atoms with E-state index in [1.54, 1.807) is 0 Å². The van der Waals surface area contributed by atoms with Crippen molar-refractivity contribution in [3.63, 3.8) is 0 Å². The van der Waals surface area contributed by atoms with Gasteiger partial charge in [0.2, 0.25) is 0 Å². The van der Waals surface area contributed by atoms with Gasteiger partial charge in [-0.15, -0.1) is 0 Å². The lowest BCUT2D eigenvalue weighted by molar-refractivity contribution is -0.332. The van der Waals surface area contributed by atoms with Crippen molar-refractivity contribution in [2.75, 3.05) is 33.0 Å². The zero-order chi connectivity index (χ0) is 55.8. The number of unbranched alkanes of at least 4 members (excludes halogenated alkanes) is 23. The summed E-state index contributed by atoms with van der Waals surface area (Å²) in [6.07, 6.45) is 46.7. The van der Waals surface area contributed by atoms with Crippen LogP contribution < -0.4 is 0 Å². The molecule has 0 aromatic rings. The molecule has 446 valence electrons. The van der Waals surface area contributed by atoms with Crippen LogP contribution in [0.2, 0.25) is 0 Å². The van der Waals surface area contributed by atoms with E-state index < -0.39 is 86.7 Å². The maximum Gasteiger partial charge on any atom is 0.306 e. The van der Waals surface area contributed by atoms with Gasteiger partial charge in [-0.05, 0) is 83.5 Å². The van der Waals surface area contributed by atoms with Gasteiger partial charge in [0.1, 0.15) is 54.9 Å². The highest BCUT2D eigenvalue weighted by Crippen LogP contribution is 2.27. The van der Waals surface area contributed by atoms with Crippen molar-refractivity contribution in [2.24, 2.45) is 0 Å². The van der Waals surface area contributed by atoms with E-state index in [0.717, 1.165) is 89.9 Å². The molecule has 0 aromatic carbocycles. The molecule has 2 rings (SSSR count). The molecule has 0 aliphatic carbocycles. The first-order chi connectivity index (χ1) is 37.6. The normalized spacial score (nSPS) is 24.8. The predicted molar refractivity (Wildman–Crippen MR) is 307 cm³/mol. The Morgan fingerprint density at radius 3 is 1.32 bits per heavy atom. The second-order valence-corrected chi connectivity index (χ2v) is 21.1. The average molecular weight is 1090 g/mol. The molecule has 0 radical (unpaired) electrons. The predicted octanol–water partition coefficient (Wildman–Crippen LogP) is 11.4. The van der Waals surface area contributed by atoms with E-state index in [0.29, 0.717) is 13.0 Å². The van der Waals surface area contributed by atoms with Crippen molar-refractivity contribution in [1.82, 2.24) is 0 Å². The van der Waals surface area contributed by atoms with Crippen molar-refractivity contribution < 1.29 is 69.0 Å². The van der Waals surface area contributed by atoms with E-state index in [1.807, 2.05) is 0 Å². The number of hydrogen-bond donors (Lipinski definition) is 7. The minimum absolute atomic E-state index is 0.0519. The second-order valence-electron chi connectivity index (χ2n) is 21.1. The summed E-state index contributed by atoms with van der Waals surface area (Å²) in [6, 6.07) is 0. The van der Waals surface area contributed by atoms with Crippen LogP contribution in [0.1, 0.15) is 219 Å². The van der Waals surface area contributed by atoms with Gasteiger partial charge in [-0.3, -0.25) is 4.79 Å². The fourth-order valence-electron chi connectivity index (χ4n) is 9.31. The Balaban J connectivity index is 1.70. The lowest BCUT2D eigenvalue weighted by atomic mass is 9.98.